The van der Waals surface area contributed by atoms with Gasteiger partial charge in [-0.25, -0.2) is 0 Å². The Morgan fingerprint density at radius 1 is 1.32 bits per heavy atom. The van der Waals surface area contributed by atoms with Gasteiger partial charge in [-0.2, -0.15) is 0 Å². The number of nitrogens with two attached hydrogens (primary N) is 1. The molecule has 2 N–H and O–H groups in total. The number of hydrogen-bond donors (Lipinski definition) is 1. The normalized spacial score (nSPS) is 17.8. The van der Waals surface area contributed by atoms with Gasteiger partial charge in [-0.15, -0.1) is 12.4 Å². The fraction of sp³-hybridized carbons (Fsp3) is 0.600. The number of fused-ring (bicyclic) bond motifs is 1. The number of halogens is 1. The minimum atomic E-state index is 0. The minimum absolute atomic E-state index is 0. The topological polar surface area (TPSA) is 38.5 Å². The first-order valence-electron chi connectivity index (χ1n) is 7.04. The molecule has 0 atom stereocenters. The number of anilines is 2. The fourth-order valence-corrected chi connectivity index (χ4v) is 2.67. The van der Waals surface area contributed by atoms with Gasteiger partial charge in [0, 0.05) is 31.1 Å². The van der Waals surface area contributed by atoms with Gasteiger partial charge in [-0.3, -0.25) is 0 Å². The molecule has 0 saturated heterocycles. The second-order valence-electron chi connectivity index (χ2n) is 5.45. The van der Waals surface area contributed by atoms with Gasteiger partial charge in [0.15, 0.2) is 0 Å². The maximum atomic E-state index is 6.05. The van der Waals surface area contributed by atoms with E-state index in [-0.39, 0.29) is 12.4 Å². The van der Waals surface area contributed by atoms with E-state index in [0.29, 0.717) is 0 Å². The lowest BCUT2D eigenvalue weighted by molar-refractivity contribution is 0.130. The fourth-order valence-electron chi connectivity index (χ4n) is 2.67. The van der Waals surface area contributed by atoms with Crippen LogP contribution in [0.25, 0.3) is 0 Å². The Balaban J connectivity index is 0.00000133. The van der Waals surface area contributed by atoms with Crippen LogP contribution in [0, 0.1) is 5.92 Å². The van der Waals surface area contributed by atoms with E-state index in [1.807, 2.05) is 6.07 Å². The second kappa shape index (κ2) is 6.49. The molecule has 3 rings (SSSR count). The zero-order valence-corrected chi connectivity index (χ0v) is 12.1. The molecule has 106 valence electrons. The first kappa shape index (κ1) is 14.5. The van der Waals surface area contributed by atoms with Crippen molar-refractivity contribution < 1.29 is 4.74 Å². The van der Waals surface area contributed by atoms with Gasteiger partial charge in [0.25, 0.3) is 0 Å². The number of nitrogen functional groups attached to an aromatic ring is 1. The molecule has 1 fully saturated rings. The van der Waals surface area contributed by atoms with Crippen LogP contribution in [-0.2, 0) is 11.2 Å². The molecule has 4 heteroatoms. The average molecular weight is 283 g/mol. The third kappa shape index (κ3) is 3.54. The number of nitrogens with zero attached hydrogens (tertiary/aromatic N) is 1. The Labute approximate surface area is 121 Å². The maximum Gasteiger partial charge on any atom is 0.0641 e. The molecule has 2 aliphatic rings. The molecule has 3 nitrogen and oxygen atoms in total. The van der Waals surface area contributed by atoms with Crippen molar-refractivity contribution >= 4 is 23.8 Å². The van der Waals surface area contributed by atoms with Crippen molar-refractivity contribution in [1.82, 2.24) is 0 Å². The van der Waals surface area contributed by atoms with Crippen molar-refractivity contribution in [2.45, 2.75) is 25.7 Å². The Kier molecular flexibility index (Phi) is 4.94. The number of hydrogen-bond acceptors (Lipinski definition) is 3. The summed E-state index contributed by atoms with van der Waals surface area (Å²) >= 11 is 0. The van der Waals surface area contributed by atoms with Gasteiger partial charge in [-0.05, 0) is 49.3 Å². The zero-order chi connectivity index (χ0) is 12.4. The Morgan fingerprint density at radius 2 is 2.16 bits per heavy atom. The van der Waals surface area contributed by atoms with Crippen LogP contribution < -0.4 is 10.6 Å². The molecular weight excluding hydrogens is 260 g/mol. The van der Waals surface area contributed by atoms with Gasteiger partial charge in [0.2, 0.25) is 0 Å². The standard InChI is InChI=1S/C15H22N2O.ClH/c16-14-4-1-5-15-13(14)3-2-8-17(15)9-10-18-11-12-6-7-12;/h1,4-5,12H,2-3,6-11,16H2;1H. The van der Waals surface area contributed by atoms with Crippen LogP contribution in [-0.4, -0.2) is 26.3 Å². The second-order valence-corrected chi connectivity index (χ2v) is 5.45. The summed E-state index contributed by atoms with van der Waals surface area (Å²) in [5.41, 5.74) is 9.63. The maximum absolute atomic E-state index is 6.05. The Morgan fingerprint density at radius 3 is 2.95 bits per heavy atom. The summed E-state index contributed by atoms with van der Waals surface area (Å²) in [6, 6.07) is 6.25. The van der Waals surface area contributed by atoms with E-state index >= 15 is 0 Å². The van der Waals surface area contributed by atoms with E-state index < -0.39 is 0 Å². The highest BCUT2D eigenvalue weighted by Gasteiger charge is 2.22. The summed E-state index contributed by atoms with van der Waals surface area (Å²) in [4.78, 5) is 2.42. The summed E-state index contributed by atoms with van der Waals surface area (Å²) in [5.74, 6) is 0.856. The Hall–Kier alpha value is -0.930. The van der Waals surface area contributed by atoms with Gasteiger partial charge >= 0.3 is 0 Å². The molecule has 0 aromatic heterocycles. The van der Waals surface area contributed by atoms with Crippen molar-refractivity contribution in [3.8, 4) is 0 Å². The highest BCUT2D eigenvalue weighted by Crippen LogP contribution is 2.31. The van der Waals surface area contributed by atoms with E-state index in [1.165, 1.54) is 30.5 Å². The van der Waals surface area contributed by atoms with Gasteiger partial charge in [0.05, 0.1) is 6.61 Å². The smallest absolute Gasteiger partial charge is 0.0641 e. The number of benzene rings is 1. The molecule has 1 aromatic carbocycles. The average Bonchev–Trinajstić information content (AvgIpc) is 3.20. The van der Waals surface area contributed by atoms with Crippen molar-refractivity contribution in [3.63, 3.8) is 0 Å². The number of ether oxygens (including phenoxy) is 1. The van der Waals surface area contributed by atoms with Crippen LogP contribution in [0.4, 0.5) is 11.4 Å². The molecule has 0 bridgehead atoms. The van der Waals surface area contributed by atoms with E-state index in [2.05, 4.69) is 17.0 Å². The van der Waals surface area contributed by atoms with Crippen LogP contribution in [0.15, 0.2) is 18.2 Å². The first-order chi connectivity index (χ1) is 8.84. The van der Waals surface area contributed by atoms with Crippen LogP contribution in [0.1, 0.15) is 24.8 Å². The van der Waals surface area contributed by atoms with Crippen molar-refractivity contribution in [1.29, 1.82) is 0 Å². The SMILES string of the molecule is Cl.Nc1cccc2c1CCCN2CCOCC1CC1. The lowest BCUT2D eigenvalue weighted by Gasteiger charge is -2.31. The van der Waals surface area contributed by atoms with Crippen LogP contribution in [0.3, 0.4) is 0 Å². The minimum Gasteiger partial charge on any atom is -0.398 e. The third-order valence-electron chi connectivity index (χ3n) is 3.94. The summed E-state index contributed by atoms with van der Waals surface area (Å²) < 4.78 is 5.73. The first-order valence-corrected chi connectivity index (χ1v) is 7.04. The van der Waals surface area contributed by atoms with Crippen molar-refractivity contribution in [2.75, 3.05) is 36.9 Å². The van der Waals surface area contributed by atoms with Crippen LogP contribution in [0.5, 0.6) is 0 Å². The molecular formula is C15H23ClN2O. The molecule has 0 radical (unpaired) electrons. The summed E-state index contributed by atoms with van der Waals surface area (Å²) in [6.45, 7) is 3.91. The molecule has 19 heavy (non-hydrogen) atoms. The van der Waals surface area contributed by atoms with Gasteiger partial charge in [-0.1, -0.05) is 6.07 Å². The van der Waals surface area contributed by atoms with Crippen LogP contribution >= 0.6 is 12.4 Å². The van der Waals surface area contributed by atoms with E-state index in [9.17, 15) is 0 Å². The van der Waals surface area contributed by atoms with E-state index in [4.69, 9.17) is 10.5 Å². The highest BCUT2D eigenvalue weighted by atomic mass is 35.5. The molecule has 0 spiro atoms. The molecule has 0 unspecified atom stereocenters. The van der Waals surface area contributed by atoms with Gasteiger partial charge < -0.3 is 15.4 Å². The van der Waals surface area contributed by atoms with Crippen LogP contribution in [0.2, 0.25) is 0 Å². The predicted molar refractivity (Wildman–Crippen MR) is 82.2 cm³/mol. The molecule has 1 heterocycles. The lowest BCUT2D eigenvalue weighted by Crippen LogP contribution is -2.33. The number of rotatable bonds is 5. The molecule has 1 saturated carbocycles. The Bertz CT molecular complexity index is 421. The van der Waals surface area contributed by atoms with Gasteiger partial charge in [0.1, 0.15) is 0 Å². The predicted octanol–water partition coefficient (Wildman–Crippen LogP) is 2.87. The summed E-state index contributed by atoms with van der Waals surface area (Å²) in [7, 11) is 0. The lowest BCUT2D eigenvalue weighted by atomic mass is 10.00. The largest absolute Gasteiger partial charge is 0.398 e. The molecule has 1 aromatic rings. The summed E-state index contributed by atoms with van der Waals surface area (Å²) in [6.07, 6.45) is 5.04. The van der Waals surface area contributed by atoms with Crippen molar-refractivity contribution in [2.24, 2.45) is 5.92 Å². The monoisotopic (exact) mass is 282 g/mol. The van der Waals surface area contributed by atoms with Crippen molar-refractivity contribution in [3.05, 3.63) is 23.8 Å². The van der Waals surface area contributed by atoms with E-state index in [1.54, 1.807) is 0 Å². The quantitative estimate of drug-likeness (QED) is 0.667. The highest BCUT2D eigenvalue weighted by molar-refractivity contribution is 5.85. The van der Waals surface area contributed by atoms with E-state index in [0.717, 1.165) is 44.3 Å². The molecule has 0 amide bonds. The zero-order valence-electron chi connectivity index (χ0n) is 11.3. The summed E-state index contributed by atoms with van der Waals surface area (Å²) in [5, 5.41) is 0. The third-order valence-corrected chi connectivity index (χ3v) is 3.94. The molecule has 1 aliphatic heterocycles. The molecule has 1 aliphatic carbocycles.